The van der Waals surface area contributed by atoms with Crippen LogP contribution in [0, 0.1) is 6.92 Å². The van der Waals surface area contributed by atoms with Crippen LogP contribution in [0.25, 0.3) is 11.4 Å². The van der Waals surface area contributed by atoms with Crippen molar-refractivity contribution in [3.05, 3.63) is 53.9 Å². The topological polar surface area (TPSA) is 115 Å². The first-order valence-electron chi connectivity index (χ1n) is 11.5. The molecule has 0 spiro atoms. The molecular formula is C24H26N4O6S. The molecule has 184 valence electrons. The van der Waals surface area contributed by atoms with Gasteiger partial charge in [0.1, 0.15) is 13.2 Å². The van der Waals surface area contributed by atoms with E-state index >= 15 is 0 Å². The van der Waals surface area contributed by atoms with Gasteiger partial charge >= 0.3 is 0 Å². The standard InChI is InChI=1S/C24H26N4O6S/c1-17-2-4-18(5-3-17)24-25-22(34-26-24)8-9-23(29)27-10-12-28(13-11-27)35(30,31)19-6-7-20-21(16-19)33-15-14-32-20/h2-7,16H,8-15H2,1H3. The Morgan fingerprint density at radius 1 is 0.971 bits per heavy atom. The molecule has 2 aliphatic heterocycles. The van der Waals surface area contributed by atoms with Crippen LogP contribution in [0.3, 0.4) is 0 Å². The van der Waals surface area contributed by atoms with Gasteiger partial charge < -0.3 is 18.9 Å². The lowest BCUT2D eigenvalue weighted by Gasteiger charge is -2.34. The molecule has 0 saturated carbocycles. The highest BCUT2D eigenvalue weighted by atomic mass is 32.2. The minimum absolute atomic E-state index is 0.0727. The van der Waals surface area contributed by atoms with Gasteiger partial charge in [0, 0.05) is 50.7 Å². The van der Waals surface area contributed by atoms with Crippen molar-refractivity contribution in [3.63, 3.8) is 0 Å². The smallest absolute Gasteiger partial charge is 0.243 e. The number of hydrogen-bond donors (Lipinski definition) is 0. The molecule has 3 aromatic rings. The van der Waals surface area contributed by atoms with Crippen LogP contribution in [0.15, 0.2) is 51.9 Å². The summed E-state index contributed by atoms with van der Waals surface area (Å²) in [5.41, 5.74) is 1.99. The fraction of sp³-hybridized carbons (Fsp3) is 0.375. The van der Waals surface area contributed by atoms with E-state index in [4.69, 9.17) is 14.0 Å². The summed E-state index contributed by atoms with van der Waals surface area (Å²) in [6, 6.07) is 12.4. The van der Waals surface area contributed by atoms with E-state index in [9.17, 15) is 13.2 Å². The Labute approximate surface area is 203 Å². The third kappa shape index (κ3) is 5.01. The minimum atomic E-state index is -3.70. The number of piperazine rings is 1. The molecule has 2 aromatic carbocycles. The number of carbonyl (C=O) groups is 1. The first kappa shape index (κ1) is 23.3. The molecular weight excluding hydrogens is 472 g/mol. The number of amides is 1. The van der Waals surface area contributed by atoms with Gasteiger partial charge in [0.25, 0.3) is 0 Å². The highest BCUT2D eigenvalue weighted by Crippen LogP contribution is 2.33. The molecule has 1 fully saturated rings. The third-order valence-electron chi connectivity index (χ3n) is 6.07. The molecule has 0 atom stereocenters. The normalized spacial score (nSPS) is 16.3. The molecule has 2 aliphatic rings. The van der Waals surface area contributed by atoms with E-state index < -0.39 is 10.0 Å². The average Bonchev–Trinajstić information content (AvgIpc) is 3.36. The van der Waals surface area contributed by atoms with E-state index in [0.29, 0.717) is 55.9 Å². The van der Waals surface area contributed by atoms with Crippen molar-refractivity contribution in [2.24, 2.45) is 0 Å². The van der Waals surface area contributed by atoms with Crippen LogP contribution in [0.1, 0.15) is 17.9 Å². The van der Waals surface area contributed by atoms with Crippen molar-refractivity contribution < 1.29 is 27.2 Å². The van der Waals surface area contributed by atoms with E-state index in [2.05, 4.69) is 10.1 Å². The summed E-state index contributed by atoms with van der Waals surface area (Å²) < 4.78 is 43.9. The van der Waals surface area contributed by atoms with E-state index in [-0.39, 0.29) is 30.3 Å². The zero-order valence-corrected chi connectivity index (χ0v) is 20.2. The maximum atomic E-state index is 13.1. The van der Waals surface area contributed by atoms with Gasteiger partial charge in [-0.15, -0.1) is 0 Å². The summed E-state index contributed by atoms with van der Waals surface area (Å²) in [6.45, 7) is 3.91. The minimum Gasteiger partial charge on any atom is -0.486 e. The molecule has 35 heavy (non-hydrogen) atoms. The number of fused-ring (bicyclic) bond motifs is 1. The number of hydrogen-bond acceptors (Lipinski definition) is 8. The molecule has 11 heteroatoms. The molecule has 0 bridgehead atoms. The van der Waals surface area contributed by atoms with Crippen LogP contribution in [-0.4, -0.2) is 73.1 Å². The Bertz CT molecular complexity index is 1310. The predicted octanol–water partition coefficient (Wildman–Crippen LogP) is 2.28. The molecule has 0 radical (unpaired) electrons. The molecule has 5 rings (SSSR count). The Balaban J connectivity index is 1.15. The zero-order chi connectivity index (χ0) is 24.4. The fourth-order valence-electron chi connectivity index (χ4n) is 4.06. The molecule has 10 nitrogen and oxygen atoms in total. The van der Waals surface area contributed by atoms with Crippen LogP contribution in [0.5, 0.6) is 11.5 Å². The monoisotopic (exact) mass is 498 g/mol. The number of rotatable bonds is 6. The number of carbonyl (C=O) groups excluding carboxylic acids is 1. The Morgan fingerprint density at radius 2 is 1.69 bits per heavy atom. The summed E-state index contributed by atoms with van der Waals surface area (Å²) in [5, 5.41) is 4.00. The van der Waals surface area contributed by atoms with Crippen LogP contribution >= 0.6 is 0 Å². The lowest BCUT2D eigenvalue weighted by atomic mass is 10.1. The maximum absolute atomic E-state index is 13.1. The van der Waals surface area contributed by atoms with Gasteiger partial charge in [-0.1, -0.05) is 35.0 Å². The van der Waals surface area contributed by atoms with Crippen molar-refractivity contribution in [1.29, 1.82) is 0 Å². The van der Waals surface area contributed by atoms with Gasteiger partial charge in [0.15, 0.2) is 11.5 Å². The Morgan fingerprint density at radius 3 is 2.43 bits per heavy atom. The van der Waals surface area contributed by atoms with Gasteiger partial charge in [-0.05, 0) is 19.1 Å². The molecule has 0 unspecified atom stereocenters. The summed E-state index contributed by atoms with van der Waals surface area (Å²) in [7, 11) is -3.70. The largest absolute Gasteiger partial charge is 0.486 e. The molecule has 1 amide bonds. The Hall–Kier alpha value is -3.44. The predicted molar refractivity (Wildman–Crippen MR) is 126 cm³/mol. The fourth-order valence-corrected chi connectivity index (χ4v) is 5.50. The summed E-state index contributed by atoms with van der Waals surface area (Å²) in [4.78, 5) is 18.9. The lowest BCUT2D eigenvalue weighted by Crippen LogP contribution is -2.50. The number of ether oxygens (including phenoxy) is 2. The molecule has 3 heterocycles. The first-order chi connectivity index (χ1) is 16.9. The quantitative estimate of drug-likeness (QED) is 0.508. The molecule has 0 aliphatic carbocycles. The van der Waals surface area contributed by atoms with Crippen molar-refractivity contribution in [3.8, 4) is 22.9 Å². The van der Waals surface area contributed by atoms with Gasteiger partial charge in [-0.25, -0.2) is 8.42 Å². The number of benzene rings is 2. The van der Waals surface area contributed by atoms with E-state index in [1.165, 1.54) is 16.4 Å². The highest BCUT2D eigenvalue weighted by Gasteiger charge is 2.31. The second-order valence-electron chi connectivity index (χ2n) is 8.47. The maximum Gasteiger partial charge on any atom is 0.243 e. The summed E-state index contributed by atoms with van der Waals surface area (Å²) in [5.74, 6) is 1.78. The lowest BCUT2D eigenvalue weighted by molar-refractivity contribution is -0.132. The van der Waals surface area contributed by atoms with E-state index in [1.54, 1.807) is 11.0 Å². The van der Waals surface area contributed by atoms with Crippen LogP contribution in [0.4, 0.5) is 0 Å². The summed E-state index contributed by atoms with van der Waals surface area (Å²) >= 11 is 0. The van der Waals surface area contributed by atoms with Gasteiger partial charge in [0.2, 0.25) is 27.6 Å². The van der Waals surface area contributed by atoms with Crippen molar-refractivity contribution in [2.45, 2.75) is 24.7 Å². The van der Waals surface area contributed by atoms with Crippen molar-refractivity contribution in [2.75, 3.05) is 39.4 Å². The number of aryl methyl sites for hydroxylation is 2. The van der Waals surface area contributed by atoms with E-state index in [0.717, 1.165) is 11.1 Å². The van der Waals surface area contributed by atoms with E-state index in [1.807, 2.05) is 31.2 Å². The number of sulfonamides is 1. The number of nitrogens with zero attached hydrogens (tertiary/aromatic N) is 4. The van der Waals surface area contributed by atoms with Crippen molar-refractivity contribution >= 4 is 15.9 Å². The zero-order valence-electron chi connectivity index (χ0n) is 19.3. The third-order valence-corrected chi connectivity index (χ3v) is 7.97. The molecule has 0 N–H and O–H groups in total. The molecule has 1 saturated heterocycles. The highest BCUT2D eigenvalue weighted by molar-refractivity contribution is 7.89. The SMILES string of the molecule is Cc1ccc(-c2noc(CCC(=O)N3CCN(S(=O)(=O)c4ccc5c(c4)OCCO5)CC3)n2)cc1. The van der Waals surface area contributed by atoms with Crippen LogP contribution in [0.2, 0.25) is 0 Å². The number of aromatic nitrogens is 2. The van der Waals surface area contributed by atoms with Gasteiger partial charge in [0.05, 0.1) is 4.90 Å². The average molecular weight is 499 g/mol. The van der Waals surface area contributed by atoms with Crippen LogP contribution in [-0.2, 0) is 21.2 Å². The second-order valence-corrected chi connectivity index (χ2v) is 10.4. The first-order valence-corrected chi connectivity index (χ1v) is 12.9. The van der Waals surface area contributed by atoms with Gasteiger partial charge in [-0.3, -0.25) is 4.79 Å². The van der Waals surface area contributed by atoms with Crippen LogP contribution < -0.4 is 9.47 Å². The molecule has 1 aromatic heterocycles. The van der Waals surface area contributed by atoms with Gasteiger partial charge in [-0.2, -0.15) is 9.29 Å². The second kappa shape index (κ2) is 9.67. The summed E-state index contributed by atoms with van der Waals surface area (Å²) in [6.07, 6.45) is 0.540. The Kier molecular flexibility index (Phi) is 6.44. The van der Waals surface area contributed by atoms with Crippen molar-refractivity contribution in [1.82, 2.24) is 19.3 Å².